The summed E-state index contributed by atoms with van der Waals surface area (Å²) in [7, 11) is 0. The van der Waals surface area contributed by atoms with Gasteiger partial charge in [0.2, 0.25) is 0 Å². The number of benzene rings is 1. The molecule has 1 saturated carbocycles. The molecule has 0 aliphatic heterocycles. The normalized spacial score (nSPS) is 15.8. The zero-order chi connectivity index (χ0) is 13.2. The molecule has 1 N–H and O–H groups in total. The molecule has 2 nitrogen and oxygen atoms in total. The van der Waals surface area contributed by atoms with Crippen molar-refractivity contribution in [2.45, 2.75) is 38.5 Å². The number of aryl methyl sites for hydroxylation is 1. The van der Waals surface area contributed by atoms with Crippen LogP contribution in [0.1, 0.15) is 42.9 Å². The molecule has 98 valence electrons. The Kier molecular flexibility index (Phi) is 3.47. The fourth-order valence-electron chi connectivity index (χ4n) is 2.90. The van der Waals surface area contributed by atoms with Gasteiger partial charge in [-0.15, -0.1) is 0 Å². The fourth-order valence-corrected chi connectivity index (χ4v) is 3.12. The monoisotopic (exact) mass is 270 g/mol. The second-order valence-corrected chi connectivity index (χ2v) is 5.74. The molecule has 1 fully saturated rings. The molecule has 0 spiro atoms. The highest BCUT2D eigenvalue weighted by atomic mass is 32.1. The van der Waals surface area contributed by atoms with E-state index in [0.29, 0.717) is 10.6 Å². The second-order valence-electron chi connectivity index (χ2n) is 5.32. The van der Waals surface area contributed by atoms with Gasteiger partial charge in [0.05, 0.1) is 0 Å². The Hall–Kier alpha value is -1.48. The van der Waals surface area contributed by atoms with Crippen molar-refractivity contribution in [3.05, 3.63) is 46.2 Å². The van der Waals surface area contributed by atoms with E-state index in [1.165, 1.54) is 36.9 Å². The van der Waals surface area contributed by atoms with Crippen LogP contribution in [0.2, 0.25) is 0 Å². The Morgan fingerprint density at radius 3 is 2.68 bits per heavy atom. The van der Waals surface area contributed by atoms with Crippen LogP contribution in [-0.4, -0.2) is 9.97 Å². The molecule has 0 atom stereocenters. The molecule has 1 aromatic heterocycles. The van der Waals surface area contributed by atoms with E-state index in [-0.39, 0.29) is 0 Å². The van der Waals surface area contributed by atoms with Crippen molar-refractivity contribution in [1.29, 1.82) is 0 Å². The largest absolute Gasteiger partial charge is 0.343 e. The molecular formula is C16H18N2S. The van der Waals surface area contributed by atoms with E-state index < -0.39 is 0 Å². The number of aromatic amines is 1. The van der Waals surface area contributed by atoms with Crippen molar-refractivity contribution in [2.75, 3.05) is 0 Å². The van der Waals surface area contributed by atoms with Gasteiger partial charge in [0.25, 0.3) is 0 Å². The fraction of sp³-hybridized carbons (Fsp3) is 0.375. The van der Waals surface area contributed by atoms with Crippen LogP contribution < -0.4 is 0 Å². The van der Waals surface area contributed by atoms with Crippen molar-refractivity contribution >= 4 is 12.2 Å². The Morgan fingerprint density at radius 2 is 1.95 bits per heavy atom. The molecule has 3 rings (SSSR count). The predicted octanol–water partition coefficient (Wildman–Crippen LogP) is 4.77. The molecule has 1 aromatic carbocycles. The van der Waals surface area contributed by atoms with E-state index in [0.717, 1.165) is 11.4 Å². The zero-order valence-electron chi connectivity index (χ0n) is 11.1. The Balaban J connectivity index is 2.07. The first-order chi connectivity index (χ1) is 9.24. The van der Waals surface area contributed by atoms with Gasteiger partial charge in [-0.1, -0.05) is 49.3 Å². The molecule has 0 radical (unpaired) electrons. The zero-order valence-corrected chi connectivity index (χ0v) is 12.0. The van der Waals surface area contributed by atoms with Crippen molar-refractivity contribution in [3.8, 4) is 11.4 Å². The van der Waals surface area contributed by atoms with E-state index in [4.69, 9.17) is 12.2 Å². The number of hydrogen-bond donors (Lipinski definition) is 1. The van der Waals surface area contributed by atoms with Gasteiger partial charge in [-0.25, -0.2) is 4.98 Å². The van der Waals surface area contributed by atoms with E-state index in [2.05, 4.69) is 29.0 Å². The smallest absolute Gasteiger partial charge is 0.139 e. The van der Waals surface area contributed by atoms with E-state index in [1.54, 1.807) is 0 Å². The van der Waals surface area contributed by atoms with Crippen LogP contribution in [0, 0.1) is 11.6 Å². The van der Waals surface area contributed by atoms with Gasteiger partial charge in [-0.05, 0) is 37.3 Å². The summed E-state index contributed by atoms with van der Waals surface area (Å²) in [5.41, 5.74) is 3.63. The summed E-state index contributed by atoms with van der Waals surface area (Å²) in [6.45, 7) is 2.11. The third-order valence-corrected chi connectivity index (χ3v) is 4.17. The van der Waals surface area contributed by atoms with Gasteiger partial charge in [0, 0.05) is 11.3 Å². The van der Waals surface area contributed by atoms with E-state index >= 15 is 0 Å². The lowest BCUT2D eigenvalue weighted by atomic mass is 10.0. The molecule has 2 aromatic rings. The quantitative estimate of drug-likeness (QED) is 0.796. The van der Waals surface area contributed by atoms with Crippen LogP contribution in [0.15, 0.2) is 30.3 Å². The first-order valence-corrected chi connectivity index (χ1v) is 7.32. The molecular weight excluding hydrogens is 252 g/mol. The Morgan fingerprint density at radius 1 is 1.21 bits per heavy atom. The SMILES string of the molecule is Cc1ccccc1-c1nc(=S)cc(C2CCCC2)[nH]1. The van der Waals surface area contributed by atoms with Gasteiger partial charge in [-0.2, -0.15) is 0 Å². The predicted molar refractivity (Wildman–Crippen MR) is 80.8 cm³/mol. The maximum atomic E-state index is 5.33. The number of rotatable bonds is 2. The lowest BCUT2D eigenvalue weighted by molar-refractivity contribution is 0.694. The molecule has 0 unspecified atom stereocenters. The molecule has 1 aliphatic rings. The van der Waals surface area contributed by atoms with Crippen LogP contribution in [0.5, 0.6) is 0 Å². The van der Waals surface area contributed by atoms with Gasteiger partial charge in [0.15, 0.2) is 0 Å². The molecule has 0 bridgehead atoms. The number of H-pyrrole nitrogens is 1. The first kappa shape index (κ1) is 12.5. The minimum absolute atomic E-state index is 0.632. The first-order valence-electron chi connectivity index (χ1n) is 6.91. The summed E-state index contributed by atoms with van der Waals surface area (Å²) in [5.74, 6) is 1.54. The third-order valence-electron chi connectivity index (χ3n) is 3.96. The molecule has 19 heavy (non-hydrogen) atoms. The average Bonchev–Trinajstić information content (AvgIpc) is 2.92. The number of nitrogens with zero attached hydrogens (tertiary/aromatic N) is 1. The summed E-state index contributed by atoms with van der Waals surface area (Å²) in [6, 6.07) is 10.3. The number of aromatic nitrogens is 2. The molecule has 0 amide bonds. The highest BCUT2D eigenvalue weighted by Crippen LogP contribution is 2.33. The Labute approximate surface area is 118 Å². The minimum Gasteiger partial charge on any atom is -0.343 e. The highest BCUT2D eigenvalue weighted by Gasteiger charge is 2.18. The van der Waals surface area contributed by atoms with Crippen LogP contribution in [0.25, 0.3) is 11.4 Å². The van der Waals surface area contributed by atoms with Gasteiger partial charge in [0.1, 0.15) is 10.5 Å². The lowest BCUT2D eigenvalue weighted by Gasteiger charge is -2.12. The van der Waals surface area contributed by atoms with Crippen LogP contribution in [-0.2, 0) is 0 Å². The summed E-state index contributed by atoms with van der Waals surface area (Å²) < 4.78 is 0.693. The van der Waals surface area contributed by atoms with Gasteiger partial charge < -0.3 is 4.98 Å². The van der Waals surface area contributed by atoms with E-state index in [1.807, 2.05) is 18.2 Å². The standard InChI is InChI=1S/C16H18N2S/c1-11-6-2-5-9-13(11)16-17-14(10-15(19)18-16)12-7-3-4-8-12/h2,5-6,9-10,12H,3-4,7-8H2,1H3,(H,17,18,19). The summed E-state index contributed by atoms with van der Waals surface area (Å²) in [5, 5.41) is 0. The summed E-state index contributed by atoms with van der Waals surface area (Å²) >= 11 is 5.33. The van der Waals surface area contributed by atoms with Crippen molar-refractivity contribution in [2.24, 2.45) is 0 Å². The van der Waals surface area contributed by atoms with Crippen LogP contribution in [0.3, 0.4) is 0 Å². The minimum atomic E-state index is 0.632. The molecule has 1 heterocycles. The van der Waals surface area contributed by atoms with Crippen LogP contribution in [0.4, 0.5) is 0 Å². The summed E-state index contributed by atoms with van der Waals surface area (Å²) in [6.07, 6.45) is 5.19. The maximum Gasteiger partial charge on any atom is 0.139 e. The van der Waals surface area contributed by atoms with Crippen molar-refractivity contribution in [3.63, 3.8) is 0 Å². The molecule has 1 aliphatic carbocycles. The Bertz CT molecular complexity index is 639. The molecule has 0 saturated heterocycles. The van der Waals surface area contributed by atoms with Crippen LogP contribution >= 0.6 is 12.2 Å². The van der Waals surface area contributed by atoms with Gasteiger partial charge in [-0.3, -0.25) is 0 Å². The number of nitrogens with one attached hydrogen (secondary N) is 1. The van der Waals surface area contributed by atoms with Crippen molar-refractivity contribution in [1.82, 2.24) is 9.97 Å². The van der Waals surface area contributed by atoms with Gasteiger partial charge >= 0.3 is 0 Å². The van der Waals surface area contributed by atoms with Crippen molar-refractivity contribution < 1.29 is 0 Å². The second kappa shape index (κ2) is 5.25. The maximum absolute atomic E-state index is 5.33. The van der Waals surface area contributed by atoms with E-state index in [9.17, 15) is 0 Å². The average molecular weight is 270 g/mol. The highest BCUT2D eigenvalue weighted by molar-refractivity contribution is 7.71. The lowest BCUT2D eigenvalue weighted by Crippen LogP contribution is -2.01. The third kappa shape index (κ3) is 2.61. The summed E-state index contributed by atoms with van der Waals surface area (Å²) in [4.78, 5) is 8.00. The number of hydrogen-bond acceptors (Lipinski definition) is 2. The molecule has 3 heteroatoms. The topological polar surface area (TPSA) is 28.7 Å².